The lowest BCUT2D eigenvalue weighted by molar-refractivity contribution is 0.0595. The number of anilines is 3. The van der Waals surface area contributed by atoms with Gasteiger partial charge in [0.25, 0.3) is 11.8 Å². The molecular formula is C40H37N7O5. The fourth-order valence-electron chi connectivity index (χ4n) is 7.96. The molecule has 12 heteroatoms. The molecule has 0 atom stereocenters. The van der Waals surface area contributed by atoms with Gasteiger partial charge in [-0.2, -0.15) is 0 Å². The molecule has 3 aromatic heterocycles. The molecule has 0 radical (unpaired) electrons. The molecule has 0 bridgehead atoms. The van der Waals surface area contributed by atoms with Crippen molar-refractivity contribution in [1.29, 1.82) is 0 Å². The highest BCUT2D eigenvalue weighted by Gasteiger charge is 2.32. The first-order valence-electron chi connectivity index (χ1n) is 17.4. The molecule has 2 amide bonds. The Balaban J connectivity index is 0.955. The largest absolute Gasteiger partial charge is 0.464 e. The van der Waals surface area contributed by atoms with Crippen molar-refractivity contribution in [2.24, 2.45) is 0 Å². The number of rotatable bonds is 7. The van der Waals surface area contributed by atoms with Crippen LogP contribution in [0.2, 0.25) is 0 Å². The number of nitrogens with zero attached hydrogens (tertiary/aromatic N) is 4. The normalized spacial score (nSPS) is 15.1. The zero-order valence-electron chi connectivity index (χ0n) is 29.1. The molecule has 0 aliphatic carbocycles. The van der Waals surface area contributed by atoms with E-state index in [1.165, 1.54) is 7.11 Å². The molecule has 9 rings (SSSR count). The van der Waals surface area contributed by atoms with Gasteiger partial charge in [-0.25, -0.2) is 9.86 Å². The summed E-state index contributed by atoms with van der Waals surface area (Å²) in [5.41, 5.74) is 9.95. The standard InChI is InChI=1S/C40H37N7O5/c1-44(2)15-4-5-19-52-47-18-14-25-27-21-33(42-30(27)8-11-37(25)47)39(49)45-16-12-23-26-20-32(41-29(26)6-9-35(23)45)38(48)46-17-13-24-28-22-34(40(50)51-3)43-31(28)7-10-36(24)46/h4-11,15,19-22,41-43H,12-14,16-18H2,1-3H3/b15-4+,19-5+. The molecule has 0 saturated heterocycles. The van der Waals surface area contributed by atoms with Crippen LogP contribution in [0.15, 0.2) is 79.2 Å². The van der Waals surface area contributed by atoms with Crippen LogP contribution in [0.25, 0.3) is 32.7 Å². The molecule has 3 aliphatic rings. The van der Waals surface area contributed by atoms with Crippen molar-refractivity contribution >= 4 is 67.6 Å². The lowest BCUT2D eigenvalue weighted by Gasteiger charge is -2.16. The van der Waals surface area contributed by atoms with Gasteiger partial charge < -0.3 is 39.2 Å². The van der Waals surface area contributed by atoms with Crippen LogP contribution in [0.4, 0.5) is 17.1 Å². The summed E-state index contributed by atoms with van der Waals surface area (Å²) >= 11 is 0. The van der Waals surface area contributed by atoms with Crippen LogP contribution in [0, 0.1) is 0 Å². The van der Waals surface area contributed by atoms with Crippen molar-refractivity contribution in [2.75, 3.05) is 55.7 Å². The van der Waals surface area contributed by atoms with Gasteiger partial charge in [0.2, 0.25) is 0 Å². The zero-order chi connectivity index (χ0) is 35.7. The number of allylic oxidation sites excluding steroid dienone is 2. The Morgan fingerprint density at radius 2 is 1.13 bits per heavy atom. The fraction of sp³-hybridized carbons (Fsp3) is 0.225. The van der Waals surface area contributed by atoms with Crippen LogP contribution in [-0.4, -0.2) is 78.5 Å². The van der Waals surface area contributed by atoms with E-state index in [1.54, 1.807) is 17.2 Å². The Morgan fingerprint density at radius 1 is 0.654 bits per heavy atom. The van der Waals surface area contributed by atoms with E-state index < -0.39 is 5.97 Å². The summed E-state index contributed by atoms with van der Waals surface area (Å²) in [7, 11) is 5.29. The summed E-state index contributed by atoms with van der Waals surface area (Å²) in [5, 5.41) is 4.77. The van der Waals surface area contributed by atoms with Crippen LogP contribution in [0.5, 0.6) is 0 Å². The lowest BCUT2D eigenvalue weighted by atomic mass is 10.1. The number of aromatic amines is 3. The smallest absolute Gasteiger partial charge is 0.354 e. The summed E-state index contributed by atoms with van der Waals surface area (Å²) in [4.78, 5) is 61.4. The van der Waals surface area contributed by atoms with E-state index >= 15 is 0 Å². The molecule has 0 fully saturated rings. The highest BCUT2D eigenvalue weighted by atomic mass is 16.7. The number of aromatic nitrogens is 3. The molecule has 0 spiro atoms. The lowest BCUT2D eigenvalue weighted by Crippen LogP contribution is -2.29. The van der Waals surface area contributed by atoms with E-state index in [0.717, 1.165) is 79.4 Å². The third-order valence-corrected chi connectivity index (χ3v) is 10.4. The Bertz CT molecular complexity index is 2520. The molecule has 262 valence electrons. The minimum atomic E-state index is -0.429. The van der Waals surface area contributed by atoms with Crippen molar-refractivity contribution in [1.82, 2.24) is 19.9 Å². The fourth-order valence-corrected chi connectivity index (χ4v) is 7.96. The van der Waals surface area contributed by atoms with Gasteiger partial charge in [0.05, 0.1) is 19.3 Å². The maximum atomic E-state index is 14.0. The van der Waals surface area contributed by atoms with Gasteiger partial charge >= 0.3 is 5.97 Å². The molecular weight excluding hydrogens is 658 g/mol. The highest BCUT2D eigenvalue weighted by Crippen LogP contribution is 2.40. The van der Waals surface area contributed by atoms with Crippen LogP contribution < -0.4 is 14.9 Å². The van der Waals surface area contributed by atoms with Crippen LogP contribution in [0.1, 0.15) is 48.2 Å². The second-order valence-corrected chi connectivity index (χ2v) is 13.6. The molecule has 12 nitrogen and oxygen atoms in total. The van der Waals surface area contributed by atoms with Gasteiger partial charge in [0, 0.05) is 71.3 Å². The number of methoxy groups -OCH3 is 1. The van der Waals surface area contributed by atoms with Crippen LogP contribution in [-0.2, 0) is 28.8 Å². The molecule has 3 aliphatic heterocycles. The topological polar surface area (TPSA) is 130 Å². The summed E-state index contributed by atoms with van der Waals surface area (Å²) in [6, 6.07) is 17.5. The summed E-state index contributed by atoms with van der Waals surface area (Å²) in [5.74, 6) is -0.636. The Hall–Kier alpha value is -6.43. The SMILES string of the molecule is COC(=O)c1cc2c3c(ccc2[nH]1)N(C(=O)c1cc2c4c(ccc2[nH]1)N(C(=O)c1cc2c5c(ccc2[nH]1)N(O/C=C/C=C/N(C)C)CC5)CC4)CC3. The third kappa shape index (κ3) is 5.01. The summed E-state index contributed by atoms with van der Waals surface area (Å²) in [6.45, 7) is 1.80. The first-order valence-corrected chi connectivity index (χ1v) is 17.4. The third-order valence-electron chi connectivity index (χ3n) is 10.4. The number of H-pyrrole nitrogens is 3. The Kier molecular flexibility index (Phi) is 7.35. The Morgan fingerprint density at radius 3 is 1.67 bits per heavy atom. The predicted molar refractivity (Wildman–Crippen MR) is 201 cm³/mol. The monoisotopic (exact) mass is 695 g/mol. The molecule has 0 saturated carbocycles. The number of ether oxygens (including phenoxy) is 1. The minimum absolute atomic E-state index is 0.0864. The van der Waals surface area contributed by atoms with E-state index in [0.29, 0.717) is 43.0 Å². The highest BCUT2D eigenvalue weighted by molar-refractivity contribution is 6.13. The number of hydrogen-bond acceptors (Lipinski definition) is 7. The van der Waals surface area contributed by atoms with E-state index in [4.69, 9.17) is 9.57 Å². The van der Waals surface area contributed by atoms with E-state index in [-0.39, 0.29) is 11.8 Å². The Labute approximate surface area is 298 Å². The molecule has 3 aromatic carbocycles. The number of esters is 1. The second-order valence-electron chi connectivity index (χ2n) is 13.6. The van der Waals surface area contributed by atoms with Crippen molar-refractivity contribution in [3.8, 4) is 0 Å². The second kappa shape index (κ2) is 12.1. The number of carbonyl (C=O) groups is 3. The van der Waals surface area contributed by atoms with Gasteiger partial charge in [0.1, 0.15) is 23.3 Å². The van der Waals surface area contributed by atoms with Gasteiger partial charge in [0.15, 0.2) is 0 Å². The molecule has 3 N–H and O–H groups in total. The zero-order valence-corrected chi connectivity index (χ0v) is 29.1. The quantitative estimate of drug-likeness (QED) is 0.103. The van der Waals surface area contributed by atoms with E-state index in [2.05, 4.69) is 15.0 Å². The van der Waals surface area contributed by atoms with Gasteiger partial charge in [-0.3, -0.25) is 9.59 Å². The molecule has 0 unspecified atom stereocenters. The number of hydrogen-bond donors (Lipinski definition) is 3. The molecule has 52 heavy (non-hydrogen) atoms. The average Bonchev–Trinajstić information content (AvgIpc) is 3.99. The van der Waals surface area contributed by atoms with E-state index in [9.17, 15) is 14.4 Å². The maximum Gasteiger partial charge on any atom is 0.354 e. The maximum absolute atomic E-state index is 14.0. The van der Waals surface area contributed by atoms with Crippen LogP contribution >= 0.6 is 0 Å². The van der Waals surface area contributed by atoms with Crippen molar-refractivity contribution in [3.63, 3.8) is 0 Å². The summed E-state index contributed by atoms with van der Waals surface area (Å²) < 4.78 is 4.88. The summed E-state index contributed by atoms with van der Waals surface area (Å²) in [6.07, 6.45) is 9.57. The number of fused-ring (bicyclic) bond motifs is 9. The van der Waals surface area contributed by atoms with Gasteiger partial charge in [-0.15, -0.1) is 0 Å². The molecule has 6 aromatic rings. The van der Waals surface area contributed by atoms with Gasteiger partial charge in [-0.1, -0.05) is 0 Å². The van der Waals surface area contributed by atoms with Crippen molar-refractivity contribution in [2.45, 2.75) is 19.3 Å². The number of benzene rings is 3. The number of carbonyl (C=O) groups excluding carboxylic acids is 3. The first-order chi connectivity index (χ1) is 25.3. The van der Waals surface area contributed by atoms with Gasteiger partial charge in [-0.05, 0) is 109 Å². The van der Waals surface area contributed by atoms with Crippen molar-refractivity contribution < 1.29 is 24.0 Å². The number of amides is 2. The minimum Gasteiger partial charge on any atom is -0.464 e. The van der Waals surface area contributed by atoms with Crippen LogP contribution in [0.3, 0.4) is 0 Å². The number of hydroxylamine groups is 1. The van der Waals surface area contributed by atoms with E-state index in [1.807, 2.05) is 95.8 Å². The molecule has 6 heterocycles. The predicted octanol–water partition coefficient (Wildman–Crippen LogP) is 6.21. The number of nitrogens with one attached hydrogen (secondary N) is 3. The average molecular weight is 696 g/mol. The van der Waals surface area contributed by atoms with Crippen molar-refractivity contribution in [3.05, 3.63) is 113 Å². The first kappa shape index (κ1) is 31.5.